The topological polar surface area (TPSA) is 112 Å². The molecule has 1 fully saturated rings. The number of carbonyl (C=O) groups excluding carboxylic acids is 1. The number of nitrogens with zero attached hydrogens (tertiary/aromatic N) is 5. The molecule has 11 nitrogen and oxygen atoms in total. The number of amides is 1. The third kappa shape index (κ3) is 5.77. The highest BCUT2D eigenvalue weighted by molar-refractivity contribution is 5.69. The zero-order valence-corrected chi connectivity index (χ0v) is 20.8. The van der Waals surface area contributed by atoms with Gasteiger partial charge in [0.25, 0.3) is 0 Å². The van der Waals surface area contributed by atoms with Crippen LogP contribution in [-0.4, -0.2) is 69.0 Å². The van der Waals surface area contributed by atoms with E-state index in [1.807, 2.05) is 52.0 Å². The van der Waals surface area contributed by atoms with Gasteiger partial charge in [-0.15, -0.1) is 0 Å². The minimum Gasteiger partial charge on any atom is -0.490 e. The first kappa shape index (κ1) is 24.6. The molecule has 0 spiro atoms. The van der Waals surface area contributed by atoms with E-state index in [1.54, 1.807) is 9.47 Å². The van der Waals surface area contributed by atoms with Crippen LogP contribution in [0.25, 0.3) is 0 Å². The Morgan fingerprint density at radius 1 is 1.20 bits per heavy atom. The highest BCUT2D eigenvalue weighted by atomic mass is 16.6. The van der Waals surface area contributed by atoms with E-state index in [-0.39, 0.29) is 36.1 Å². The van der Waals surface area contributed by atoms with Crippen LogP contribution in [0.1, 0.15) is 41.0 Å². The second-order valence-electron chi connectivity index (χ2n) is 10.1. The molecule has 4 rings (SSSR count). The summed E-state index contributed by atoms with van der Waals surface area (Å²) in [6.45, 7) is 12.0. The first-order valence-electron chi connectivity index (χ1n) is 11.9. The van der Waals surface area contributed by atoms with E-state index in [0.717, 1.165) is 5.69 Å². The van der Waals surface area contributed by atoms with Crippen molar-refractivity contribution < 1.29 is 23.9 Å². The van der Waals surface area contributed by atoms with E-state index >= 15 is 0 Å². The number of hydrogen-bond donors (Lipinski definition) is 0. The third-order valence-corrected chi connectivity index (χ3v) is 6.10. The minimum atomic E-state index is -0.527. The van der Waals surface area contributed by atoms with Crippen LogP contribution in [0.4, 0.5) is 16.3 Å². The molecule has 1 aromatic heterocycles. The highest BCUT2D eigenvalue weighted by Gasteiger charge is 2.34. The Morgan fingerprint density at radius 2 is 1.91 bits per heavy atom. The summed E-state index contributed by atoms with van der Waals surface area (Å²) in [4.78, 5) is 31.0. The number of ether oxygens (including phenoxy) is 3. The predicted molar refractivity (Wildman–Crippen MR) is 129 cm³/mol. The summed E-state index contributed by atoms with van der Waals surface area (Å²) in [5, 5.41) is 10.9. The lowest BCUT2D eigenvalue weighted by Crippen LogP contribution is -2.59. The quantitative estimate of drug-likeness (QED) is 0.462. The average molecular weight is 488 g/mol. The van der Waals surface area contributed by atoms with Crippen LogP contribution in [0.5, 0.6) is 11.8 Å². The number of fused-ring (bicyclic) bond motifs is 1. The minimum absolute atomic E-state index is 0.0174. The second kappa shape index (κ2) is 9.63. The number of rotatable bonds is 5. The summed E-state index contributed by atoms with van der Waals surface area (Å²) in [6.07, 6.45) is 1.56. The van der Waals surface area contributed by atoms with Gasteiger partial charge in [-0.3, -0.25) is 4.57 Å². The van der Waals surface area contributed by atoms with Crippen molar-refractivity contribution in [2.75, 3.05) is 24.6 Å². The fraction of sp³-hybridized carbons (Fsp3) is 0.583. The highest BCUT2D eigenvalue weighted by Crippen LogP contribution is 2.28. The van der Waals surface area contributed by atoms with Crippen molar-refractivity contribution in [2.24, 2.45) is 0 Å². The van der Waals surface area contributed by atoms with Crippen molar-refractivity contribution in [1.82, 2.24) is 14.5 Å². The van der Waals surface area contributed by atoms with Crippen LogP contribution in [0.3, 0.4) is 0 Å². The first-order chi connectivity index (χ1) is 16.5. The molecule has 0 unspecified atom stereocenters. The smallest absolute Gasteiger partial charge is 0.414 e. The van der Waals surface area contributed by atoms with E-state index in [9.17, 15) is 14.9 Å². The SMILES string of the molecule is C[C@@H]1CN(c2ccc(OC[C@@H]3CCn4cc([N+](=O)[O-])nc4O3)cc2)[C@@H](C)CN1C(=O)OC(C)(C)C. The van der Waals surface area contributed by atoms with Gasteiger partial charge in [0.05, 0.1) is 0 Å². The molecule has 3 atom stereocenters. The van der Waals surface area contributed by atoms with E-state index in [2.05, 4.69) is 16.8 Å². The van der Waals surface area contributed by atoms with Crippen molar-refractivity contribution in [3.63, 3.8) is 0 Å². The van der Waals surface area contributed by atoms with Gasteiger partial charge in [-0.2, -0.15) is 0 Å². The van der Waals surface area contributed by atoms with E-state index in [1.165, 1.54) is 6.20 Å². The fourth-order valence-corrected chi connectivity index (χ4v) is 4.32. The Morgan fingerprint density at radius 3 is 2.57 bits per heavy atom. The molecule has 0 N–H and O–H groups in total. The Kier molecular flexibility index (Phi) is 6.77. The van der Waals surface area contributed by atoms with Gasteiger partial charge in [-0.1, -0.05) is 0 Å². The van der Waals surface area contributed by atoms with Crippen LogP contribution in [0.15, 0.2) is 30.5 Å². The Balaban J connectivity index is 1.31. The number of aromatic nitrogens is 2. The number of aryl methyl sites for hydroxylation is 1. The normalized spacial score (nSPS) is 22.3. The summed E-state index contributed by atoms with van der Waals surface area (Å²) < 4.78 is 18.9. The number of benzene rings is 1. The van der Waals surface area contributed by atoms with Gasteiger partial charge in [0.15, 0.2) is 0 Å². The van der Waals surface area contributed by atoms with Crippen LogP contribution in [0, 0.1) is 10.1 Å². The summed E-state index contributed by atoms with van der Waals surface area (Å²) in [5.74, 6) is 0.498. The summed E-state index contributed by atoms with van der Waals surface area (Å²) in [6, 6.07) is 8.26. The van der Waals surface area contributed by atoms with Gasteiger partial charge in [0.2, 0.25) is 0 Å². The summed E-state index contributed by atoms with van der Waals surface area (Å²) >= 11 is 0. The van der Waals surface area contributed by atoms with E-state index in [0.29, 0.717) is 38.4 Å². The molecule has 0 bridgehead atoms. The van der Waals surface area contributed by atoms with Gasteiger partial charge in [0, 0.05) is 48.8 Å². The zero-order valence-electron chi connectivity index (χ0n) is 20.8. The molecule has 3 heterocycles. The molecule has 1 aromatic carbocycles. The van der Waals surface area contributed by atoms with E-state index < -0.39 is 10.5 Å². The van der Waals surface area contributed by atoms with Crippen LogP contribution in [0.2, 0.25) is 0 Å². The van der Waals surface area contributed by atoms with Crippen LogP contribution >= 0.6 is 0 Å². The maximum atomic E-state index is 12.6. The van der Waals surface area contributed by atoms with Gasteiger partial charge < -0.3 is 34.1 Å². The number of hydrogen-bond acceptors (Lipinski definition) is 8. The molecular weight excluding hydrogens is 454 g/mol. The maximum absolute atomic E-state index is 12.6. The fourth-order valence-electron chi connectivity index (χ4n) is 4.32. The van der Waals surface area contributed by atoms with Crippen molar-refractivity contribution in [1.29, 1.82) is 0 Å². The van der Waals surface area contributed by atoms with Gasteiger partial charge in [-0.25, -0.2) is 4.79 Å². The lowest BCUT2D eigenvalue weighted by molar-refractivity contribution is -0.389. The molecule has 0 aliphatic carbocycles. The number of anilines is 1. The Bertz CT molecular complexity index is 1060. The molecule has 2 aliphatic heterocycles. The van der Waals surface area contributed by atoms with Crippen molar-refractivity contribution in [2.45, 2.75) is 71.4 Å². The summed E-state index contributed by atoms with van der Waals surface area (Å²) in [7, 11) is 0. The third-order valence-electron chi connectivity index (χ3n) is 6.10. The lowest BCUT2D eigenvalue weighted by atomic mass is 10.1. The molecular formula is C24H33N5O6. The predicted octanol–water partition coefficient (Wildman–Crippen LogP) is 3.86. The van der Waals surface area contributed by atoms with Gasteiger partial charge in [-0.05, 0) is 63.8 Å². The first-order valence-corrected chi connectivity index (χ1v) is 11.9. The number of nitro groups is 1. The molecule has 11 heteroatoms. The molecule has 0 radical (unpaired) electrons. The van der Waals surface area contributed by atoms with E-state index in [4.69, 9.17) is 14.2 Å². The monoisotopic (exact) mass is 487 g/mol. The molecule has 1 saturated heterocycles. The van der Waals surface area contributed by atoms with Crippen molar-refractivity contribution in [3.8, 4) is 11.8 Å². The van der Waals surface area contributed by atoms with Crippen molar-refractivity contribution >= 4 is 17.6 Å². The standard InChI is InChI=1S/C24H33N5O6/c1-16-13-28(23(30)35-24(3,4)5)17(2)12-27(16)18-6-8-19(9-7-18)33-15-20-10-11-26-14-21(29(31)32)25-22(26)34-20/h6-9,14,16-17,20H,10-13,15H2,1-5H3/t16-,17+,20-/m0/s1. The number of carbonyl (C=O) groups is 1. The molecule has 35 heavy (non-hydrogen) atoms. The summed E-state index contributed by atoms with van der Waals surface area (Å²) in [5.41, 5.74) is 0.540. The largest absolute Gasteiger partial charge is 0.490 e. The van der Waals surface area contributed by atoms with Gasteiger partial charge >= 0.3 is 17.9 Å². The average Bonchev–Trinajstić information content (AvgIpc) is 3.22. The van der Waals surface area contributed by atoms with Crippen LogP contribution in [-0.2, 0) is 11.3 Å². The number of imidazole rings is 1. The molecule has 0 saturated carbocycles. The zero-order chi connectivity index (χ0) is 25.3. The second-order valence-corrected chi connectivity index (χ2v) is 10.1. The lowest BCUT2D eigenvalue weighted by Gasteiger charge is -2.45. The molecule has 2 aliphatic rings. The Hall–Kier alpha value is -3.50. The maximum Gasteiger partial charge on any atom is 0.414 e. The van der Waals surface area contributed by atoms with Crippen LogP contribution < -0.4 is 14.4 Å². The molecule has 2 aromatic rings. The number of piperazine rings is 1. The van der Waals surface area contributed by atoms with Gasteiger partial charge in [0.1, 0.15) is 30.3 Å². The molecule has 190 valence electrons. The molecule has 1 amide bonds. The van der Waals surface area contributed by atoms with Crippen molar-refractivity contribution in [3.05, 3.63) is 40.6 Å². The Labute approximate surface area is 204 Å².